The van der Waals surface area contributed by atoms with Gasteiger partial charge in [-0.1, -0.05) is 0 Å². The lowest BCUT2D eigenvalue weighted by atomic mass is 10.2. The molecule has 0 fully saturated rings. The van der Waals surface area contributed by atoms with E-state index in [-0.39, 0.29) is 6.07 Å². The highest BCUT2D eigenvalue weighted by atomic mass is 19.3. The molecule has 0 amide bonds. The topological polar surface area (TPSA) is 46.5 Å². The number of ether oxygens (including phenoxy) is 1. The summed E-state index contributed by atoms with van der Waals surface area (Å²) in [6, 6.07) is -0.139. The number of benzene rings is 1. The molecule has 0 radical (unpaired) electrons. The number of aromatic carboxylic acids is 1. The second-order valence-corrected chi connectivity index (χ2v) is 3.13. The molecule has 10 heteroatoms. The highest BCUT2D eigenvalue weighted by Gasteiger charge is 2.46. The summed E-state index contributed by atoms with van der Waals surface area (Å²) in [5.74, 6) is -11.0. The van der Waals surface area contributed by atoms with Crippen molar-refractivity contribution in [3.05, 3.63) is 29.1 Å². The van der Waals surface area contributed by atoms with E-state index in [1.165, 1.54) is 0 Å². The van der Waals surface area contributed by atoms with E-state index in [0.717, 1.165) is 0 Å². The molecular formula is C9H3F7O3. The molecular weight excluding hydrogens is 289 g/mol. The van der Waals surface area contributed by atoms with Gasteiger partial charge in [0.25, 0.3) is 0 Å². The minimum atomic E-state index is -5.31. The molecule has 19 heavy (non-hydrogen) atoms. The van der Waals surface area contributed by atoms with E-state index in [4.69, 9.17) is 5.11 Å². The molecule has 0 bridgehead atoms. The van der Waals surface area contributed by atoms with E-state index in [0.29, 0.717) is 0 Å². The van der Waals surface area contributed by atoms with E-state index < -0.39 is 47.3 Å². The summed E-state index contributed by atoms with van der Waals surface area (Å²) in [5, 5.41) is 8.39. The third-order valence-corrected chi connectivity index (χ3v) is 1.84. The lowest BCUT2D eigenvalue weighted by molar-refractivity contribution is -0.255. The van der Waals surface area contributed by atoms with Gasteiger partial charge in [-0.25, -0.2) is 13.6 Å². The highest BCUT2D eigenvalue weighted by Crippen LogP contribution is 2.33. The van der Waals surface area contributed by atoms with E-state index in [2.05, 4.69) is 4.74 Å². The first-order valence-corrected chi connectivity index (χ1v) is 4.33. The SMILES string of the molecule is O=C(O)c1cc(F)c(F)c(OC(F)(F)C(F)F)c1F. The second kappa shape index (κ2) is 4.94. The summed E-state index contributed by atoms with van der Waals surface area (Å²) in [5.41, 5.74) is -1.54. The number of carboxylic acids is 1. The van der Waals surface area contributed by atoms with Gasteiger partial charge in [-0.3, -0.25) is 0 Å². The van der Waals surface area contributed by atoms with Gasteiger partial charge >= 0.3 is 18.5 Å². The Morgan fingerprint density at radius 1 is 1.21 bits per heavy atom. The van der Waals surface area contributed by atoms with Crippen LogP contribution in [0, 0.1) is 17.5 Å². The van der Waals surface area contributed by atoms with E-state index in [9.17, 15) is 35.5 Å². The van der Waals surface area contributed by atoms with Crippen LogP contribution in [0.3, 0.4) is 0 Å². The minimum Gasteiger partial charge on any atom is -0.478 e. The Bertz CT molecular complexity index is 515. The maximum absolute atomic E-state index is 13.3. The van der Waals surface area contributed by atoms with Gasteiger partial charge in [0.15, 0.2) is 11.6 Å². The van der Waals surface area contributed by atoms with Crippen molar-refractivity contribution in [3.8, 4) is 5.75 Å². The number of hydrogen-bond donors (Lipinski definition) is 1. The van der Waals surface area contributed by atoms with Gasteiger partial charge in [0.05, 0.1) is 0 Å². The van der Waals surface area contributed by atoms with Crippen molar-refractivity contribution in [2.45, 2.75) is 12.5 Å². The zero-order valence-electron chi connectivity index (χ0n) is 8.56. The van der Waals surface area contributed by atoms with Gasteiger partial charge in [-0.05, 0) is 6.07 Å². The third kappa shape index (κ3) is 2.88. The van der Waals surface area contributed by atoms with Gasteiger partial charge in [0.1, 0.15) is 5.56 Å². The lowest BCUT2D eigenvalue weighted by Crippen LogP contribution is -2.34. The Kier molecular flexibility index (Phi) is 3.91. The van der Waals surface area contributed by atoms with Crippen LogP contribution in [0.25, 0.3) is 0 Å². The largest absolute Gasteiger partial charge is 0.478 e. The van der Waals surface area contributed by atoms with Crippen LogP contribution in [0.1, 0.15) is 10.4 Å². The Morgan fingerprint density at radius 2 is 1.74 bits per heavy atom. The van der Waals surface area contributed by atoms with Crippen LogP contribution in [-0.4, -0.2) is 23.6 Å². The van der Waals surface area contributed by atoms with Crippen molar-refractivity contribution >= 4 is 5.97 Å². The molecule has 3 nitrogen and oxygen atoms in total. The maximum Gasteiger partial charge on any atom is 0.461 e. The average Bonchev–Trinajstić information content (AvgIpc) is 2.28. The van der Waals surface area contributed by atoms with Crippen molar-refractivity contribution in [1.82, 2.24) is 0 Å². The quantitative estimate of drug-likeness (QED) is 0.685. The fourth-order valence-corrected chi connectivity index (χ4v) is 1.01. The Hall–Kier alpha value is -2.00. The predicted molar refractivity (Wildman–Crippen MR) is 44.9 cm³/mol. The predicted octanol–water partition coefficient (Wildman–Crippen LogP) is 3.04. The molecule has 0 spiro atoms. The fraction of sp³-hybridized carbons (Fsp3) is 0.222. The van der Waals surface area contributed by atoms with E-state index >= 15 is 0 Å². The summed E-state index contributed by atoms with van der Waals surface area (Å²) >= 11 is 0. The van der Waals surface area contributed by atoms with Crippen LogP contribution >= 0.6 is 0 Å². The number of rotatable bonds is 4. The molecule has 106 valence electrons. The number of hydrogen-bond acceptors (Lipinski definition) is 2. The monoisotopic (exact) mass is 292 g/mol. The molecule has 1 rings (SSSR count). The van der Waals surface area contributed by atoms with Crippen molar-refractivity contribution < 1.29 is 45.4 Å². The Labute approximate surface area is 99.8 Å². The zero-order chi connectivity index (χ0) is 15.0. The highest BCUT2D eigenvalue weighted by molar-refractivity contribution is 5.88. The van der Waals surface area contributed by atoms with Gasteiger partial charge < -0.3 is 9.84 Å². The normalized spacial score (nSPS) is 11.8. The molecule has 0 saturated heterocycles. The summed E-state index contributed by atoms with van der Waals surface area (Å²) in [4.78, 5) is 10.4. The number of carbonyl (C=O) groups is 1. The molecule has 0 aliphatic rings. The van der Waals surface area contributed by atoms with Crippen molar-refractivity contribution in [1.29, 1.82) is 0 Å². The van der Waals surface area contributed by atoms with Gasteiger partial charge in [0.2, 0.25) is 11.6 Å². The van der Waals surface area contributed by atoms with Crippen molar-refractivity contribution in [2.75, 3.05) is 0 Å². The smallest absolute Gasteiger partial charge is 0.461 e. The molecule has 0 heterocycles. The minimum absolute atomic E-state index is 0.139. The van der Waals surface area contributed by atoms with Gasteiger partial charge in [-0.15, -0.1) is 0 Å². The van der Waals surface area contributed by atoms with Crippen LogP contribution in [0.4, 0.5) is 30.7 Å². The molecule has 1 N–H and O–H groups in total. The first-order valence-electron chi connectivity index (χ1n) is 4.33. The molecule has 0 atom stereocenters. The van der Waals surface area contributed by atoms with Gasteiger partial charge in [-0.2, -0.15) is 22.0 Å². The summed E-state index contributed by atoms with van der Waals surface area (Å²) in [6.07, 6.45) is -9.77. The van der Waals surface area contributed by atoms with Crippen LogP contribution in [-0.2, 0) is 0 Å². The number of alkyl halides is 4. The van der Waals surface area contributed by atoms with E-state index in [1.54, 1.807) is 0 Å². The number of carboxylic acid groups (broad SMARTS) is 1. The van der Waals surface area contributed by atoms with Crippen molar-refractivity contribution in [2.24, 2.45) is 0 Å². The summed E-state index contributed by atoms with van der Waals surface area (Å²) in [6.45, 7) is 0. The summed E-state index contributed by atoms with van der Waals surface area (Å²) in [7, 11) is 0. The van der Waals surface area contributed by atoms with Crippen LogP contribution in [0.2, 0.25) is 0 Å². The van der Waals surface area contributed by atoms with Crippen LogP contribution in [0.15, 0.2) is 6.07 Å². The van der Waals surface area contributed by atoms with E-state index in [1.807, 2.05) is 0 Å². The van der Waals surface area contributed by atoms with Crippen LogP contribution in [0.5, 0.6) is 5.75 Å². The second-order valence-electron chi connectivity index (χ2n) is 3.13. The first-order chi connectivity index (χ1) is 8.58. The average molecular weight is 292 g/mol. The first kappa shape index (κ1) is 15.1. The van der Waals surface area contributed by atoms with Gasteiger partial charge in [0, 0.05) is 0 Å². The molecule has 1 aromatic carbocycles. The molecule has 0 aliphatic carbocycles. The molecule has 0 saturated carbocycles. The number of halogens is 7. The van der Waals surface area contributed by atoms with Crippen LogP contribution < -0.4 is 4.74 Å². The Balaban J connectivity index is 3.39. The molecule has 0 unspecified atom stereocenters. The summed E-state index contributed by atoms with van der Waals surface area (Å²) < 4.78 is 90.7. The third-order valence-electron chi connectivity index (χ3n) is 1.84. The Morgan fingerprint density at radius 3 is 2.16 bits per heavy atom. The standard InChI is InChI=1S/C9H3F7O3/c10-3-1-2(7(17)18)4(11)6(5(3)12)19-9(15,16)8(13)14/h1,8H,(H,17,18). The zero-order valence-corrected chi connectivity index (χ0v) is 8.56. The molecule has 0 aliphatic heterocycles. The molecule has 0 aromatic heterocycles. The fourth-order valence-electron chi connectivity index (χ4n) is 1.01. The lowest BCUT2D eigenvalue weighted by Gasteiger charge is -2.18. The molecule has 1 aromatic rings. The maximum atomic E-state index is 13.3. The van der Waals surface area contributed by atoms with Crippen molar-refractivity contribution in [3.63, 3.8) is 0 Å².